The number of carbonyl (C=O) groups is 2. The van der Waals surface area contributed by atoms with Crippen LogP contribution in [-0.2, 0) is 9.53 Å². The molecule has 0 saturated carbocycles. The molecule has 0 unspecified atom stereocenters. The molecule has 2 N–H and O–H groups in total. The van der Waals surface area contributed by atoms with Crippen LogP contribution in [0.4, 0.5) is 10.5 Å². The molecule has 8 heteroatoms. The van der Waals surface area contributed by atoms with Crippen molar-refractivity contribution < 1.29 is 23.8 Å². The van der Waals surface area contributed by atoms with Gasteiger partial charge in [0.15, 0.2) is 11.5 Å². The quantitative estimate of drug-likeness (QED) is 0.839. The van der Waals surface area contributed by atoms with Crippen LogP contribution in [0.15, 0.2) is 18.2 Å². The van der Waals surface area contributed by atoms with Crippen LogP contribution in [-0.4, -0.2) is 56.0 Å². The second-order valence-corrected chi connectivity index (χ2v) is 5.96. The fraction of sp³-hybridized carbons (Fsp3) is 0.529. The number of nitrogens with zero attached hydrogens (tertiary/aromatic N) is 1. The summed E-state index contributed by atoms with van der Waals surface area (Å²) in [6, 6.07) is 5.52. The lowest BCUT2D eigenvalue weighted by atomic mass is 10.1. The van der Waals surface area contributed by atoms with Gasteiger partial charge < -0.3 is 29.7 Å². The summed E-state index contributed by atoms with van der Waals surface area (Å²) in [5.74, 6) is 1.20. The Morgan fingerprint density at radius 1 is 1.24 bits per heavy atom. The second-order valence-electron chi connectivity index (χ2n) is 5.96. The Hall–Kier alpha value is -2.48. The van der Waals surface area contributed by atoms with Crippen LogP contribution < -0.4 is 20.1 Å². The van der Waals surface area contributed by atoms with E-state index >= 15 is 0 Å². The molecule has 8 nitrogen and oxygen atoms in total. The lowest BCUT2D eigenvalue weighted by Gasteiger charge is -2.31. The molecule has 2 aliphatic heterocycles. The SMILES string of the molecule is CCOC(=O)N1CCC(NCC(=O)Nc2ccc3c(c2)OCO3)CC1. The summed E-state index contributed by atoms with van der Waals surface area (Å²) >= 11 is 0. The van der Waals surface area contributed by atoms with Crippen LogP contribution in [0.1, 0.15) is 19.8 Å². The van der Waals surface area contributed by atoms with Crippen molar-refractivity contribution in [1.82, 2.24) is 10.2 Å². The van der Waals surface area contributed by atoms with Gasteiger partial charge in [-0.3, -0.25) is 4.79 Å². The molecule has 2 amide bonds. The first-order chi connectivity index (χ1) is 12.2. The van der Waals surface area contributed by atoms with Crippen LogP contribution in [0.3, 0.4) is 0 Å². The number of benzene rings is 1. The monoisotopic (exact) mass is 349 g/mol. The van der Waals surface area contributed by atoms with Crippen LogP contribution in [0.5, 0.6) is 11.5 Å². The third-order valence-corrected chi connectivity index (χ3v) is 4.23. The van der Waals surface area contributed by atoms with E-state index < -0.39 is 0 Å². The number of anilines is 1. The molecule has 3 rings (SSSR count). The summed E-state index contributed by atoms with van der Waals surface area (Å²) in [6.45, 7) is 3.89. The number of hydrogen-bond donors (Lipinski definition) is 2. The van der Waals surface area contributed by atoms with Gasteiger partial charge in [-0.2, -0.15) is 0 Å². The largest absolute Gasteiger partial charge is 0.454 e. The normalized spacial score (nSPS) is 16.6. The van der Waals surface area contributed by atoms with E-state index in [2.05, 4.69) is 10.6 Å². The molecule has 0 bridgehead atoms. The molecule has 25 heavy (non-hydrogen) atoms. The Labute approximate surface area is 146 Å². The lowest BCUT2D eigenvalue weighted by molar-refractivity contribution is -0.115. The molecule has 0 aromatic heterocycles. The highest BCUT2D eigenvalue weighted by Gasteiger charge is 2.23. The van der Waals surface area contributed by atoms with Gasteiger partial charge in [0, 0.05) is 30.9 Å². The predicted octanol–water partition coefficient (Wildman–Crippen LogP) is 1.56. The van der Waals surface area contributed by atoms with E-state index in [4.69, 9.17) is 14.2 Å². The molecule has 0 radical (unpaired) electrons. The van der Waals surface area contributed by atoms with E-state index in [1.807, 2.05) is 0 Å². The lowest BCUT2D eigenvalue weighted by Crippen LogP contribution is -2.46. The minimum Gasteiger partial charge on any atom is -0.454 e. The van der Waals surface area contributed by atoms with E-state index in [1.165, 1.54) is 0 Å². The summed E-state index contributed by atoms with van der Waals surface area (Å²) in [6.07, 6.45) is 1.34. The zero-order valence-corrected chi connectivity index (χ0v) is 14.2. The van der Waals surface area contributed by atoms with Gasteiger partial charge in [0.05, 0.1) is 13.2 Å². The smallest absolute Gasteiger partial charge is 0.409 e. The highest BCUT2D eigenvalue weighted by molar-refractivity contribution is 5.92. The standard InChI is InChI=1S/C17H23N3O5/c1-2-23-17(22)20-7-5-12(6-8-20)18-10-16(21)19-13-3-4-14-15(9-13)25-11-24-14/h3-4,9,12,18H,2,5-8,10-11H2,1H3,(H,19,21). The molecule has 1 saturated heterocycles. The zero-order chi connectivity index (χ0) is 17.6. The van der Waals surface area contributed by atoms with Crippen LogP contribution in [0.2, 0.25) is 0 Å². The van der Waals surface area contributed by atoms with Crippen molar-refractivity contribution in [2.24, 2.45) is 0 Å². The maximum atomic E-state index is 12.1. The topological polar surface area (TPSA) is 89.1 Å². The molecule has 1 aromatic carbocycles. The first-order valence-corrected chi connectivity index (χ1v) is 8.50. The van der Waals surface area contributed by atoms with Crippen molar-refractivity contribution in [2.45, 2.75) is 25.8 Å². The Balaban J connectivity index is 1.39. The summed E-state index contributed by atoms with van der Waals surface area (Å²) < 4.78 is 15.5. The Bertz CT molecular complexity index is 629. The number of rotatable bonds is 5. The van der Waals surface area contributed by atoms with E-state index in [1.54, 1.807) is 30.0 Å². The first-order valence-electron chi connectivity index (χ1n) is 8.50. The molecular weight excluding hydrogens is 326 g/mol. The highest BCUT2D eigenvalue weighted by atomic mass is 16.7. The maximum absolute atomic E-state index is 12.1. The van der Waals surface area contributed by atoms with Gasteiger partial charge in [-0.25, -0.2) is 4.79 Å². The molecule has 0 spiro atoms. The zero-order valence-electron chi connectivity index (χ0n) is 14.2. The molecule has 0 atom stereocenters. The van der Waals surface area contributed by atoms with Crippen molar-refractivity contribution in [3.8, 4) is 11.5 Å². The van der Waals surface area contributed by atoms with Crippen molar-refractivity contribution in [3.05, 3.63) is 18.2 Å². The third kappa shape index (κ3) is 4.54. The van der Waals surface area contributed by atoms with Crippen molar-refractivity contribution in [2.75, 3.05) is 38.4 Å². The molecule has 2 heterocycles. The Morgan fingerprint density at radius 2 is 2.00 bits per heavy atom. The molecule has 1 aromatic rings. The van der Waals surface area contributed by atoms with Crippen molar-refractivity contribution >= 4 is 17.7 Å². The van der Waals surface area contributed by atoms with Gasteiger partial charge in [0.2, 0.25) is 12.7 Å². The fourth-order valence-electron chi connectivity index (χ4n) is 2.90. The van der Waals surface area contributed by atoms with Gasteiger partial charge in [-0.15, -0.1) is 0 Å². The number of hydrogen-bond acceptors (Lipinski definition) is 6. The highest BCUT2D eigenvalue weighted by Crippen LogP contribution is 2.34. The minimum atomic E-state index is -0.262. The van der Waals surface area contributed by atoms with Crippen LogP contribution in [0, 0.1) is 0 Å². The molecular formula is C17H23N3O5. The van der Waals surface area contributed by atoms with E-state index in [0.29, 0.717) is 36.9 Å². The fourth-order valence-corrected chi connectivity index (χ4v) is 2.90. The maximum Gasteiger partial charge on any atom is 0.409 e. The van der Waals surface area contributed by atoms with Gasteiger partial charge in [0.25, 0.3) is 0 Å². The summed E-state index contributed by atoms with van der Waals surface area (Å²) in [5, 5.41) is 6.07. The average Bonchev–Trinajstić information content (AvgIpc) is 3.08. The number of piperidine rings is 1. The molecule has 1 fully saturated rings. The van der Waals surface area contributed by atoms with E-state index in [9.17, 15) is 9.59 Å². The van der Waals surface area contributed by atoms with Gasteiger partial charge in [-0.05, 0) is 31.9 Å². The van der Waals surface area contributed by atoms with Crippen LogP contribution in [0.25, 0.3) is 0 Å². The van der Waals surface area contributed by atoms with Crippen LogP contribution >= 0.6 is 0 Å². The first kappa shape index (κ1) is 17.3. The summed E-state index contributed by atoms with van der Waals surface area (Å²) in [5.41, 5.74) is 0.674. The number of ether oxygens (including phenoxy) is 3. The van der Waals surface area contributed by atoms with Crippen molar-refractivity contribution in [1.29, 1.82) is 0 Å². The number of fused-ring (bicyclic) bond motifs is 1. The van der Waals surface area contributed by atoms with E-state index in [-0.39, 0.29) is 31.4 Å². The Morgan fingerprint density at radius 3 is 2.76 bits per heavy atom. The molecule has 2 aliphatic rings. The van der Waals surface area contributed by atoms with Gasteiger partial charge in [0.1, 0.15) is 0 Å². The second kappa shape index (κ2) is 8.06. The number of carbonyl (C=O) groups excluding carboxylic acids is 2. The summed E-state index contributed by atoms with van der Waals surface area (Å²) in [7, 11) is 0. The number of likely N-dealkylation sites (tertiary alicyclic amines) is 1. The Kier molecular flexibility index (Phi) is 5.60. The van der Waals surface area contributed by atoms with Gasteiger partial charge in [-0.1, -0.05) is 0 Å². The predicted molar refractivity (Wildman–Crippen MR) is 90.8 cm³/mol. The molecule has 0 aliphatic carbocycles. The summed E-state index contributed by atoms with van der Waals surface area (Å²) in [4.78, 5) is 25.4. The van der Waals surface area contributed by atoms with Crippen molar-refractivity contribution in [3.63, 3.8) is 0 Å². The van der Waals surface area contributed by atoms with E-state index in [0.717, 1.165) is 12.8 Å². The minimum absolute atomic E-state index is 0.119. The van der Waals surface area contributed by atoms with Gasteiger partial charge >= 0.3 is 6.09 Å². The third-order valence-electron chi connectivity index (χ3n) is 4.23. The number of amides is 2. The average molecular weight is 349 g/mol. The molecule has 136 valence electrons. The number of nitrogens with one attached hydrogen (secondary N) is 2.